The Balaban J connectivity index is 2.47. The molecule has 0 saturated heterocycles. The second-order valence-electron chi connectivity index (χ2n) is 4.70. The highest BCUT2D eigenvalue weighted by molar-refractivity contribution is 5.76. The summed E-state index contributed by atoms with van der Waals surface area (Å²) in [6.45, 7) is 3.84. The number of amides is 2. The van der Waals surface area contributed by atoms with Gasteiger partial charge in [-0.05, 0) is 32.6 Å². The highest BCUT2D eigenvalue weighted by Crippen LogP contribution is 2.34. The molecule has 1 fully saturated rings. The Morgan fingerprint density at radius 2 is 2.00 bits per heavy atom. The Kier molecular flexibility index (Phi) is 4.15. The molecule has 1 rings (SSSR count). The molecule has 92 valence electrons. The van der Waals surface area contributed by atoms with Gasteiger partial charge in [0.05, 0.1) is 6.42 Å². The second-order valence-corrected chi connectivity index (χ2v) is 4.70. The Bertz CT molecular complexity index is 274. The van der Waals surface area contributed by atoms with Gasteiger partial charge in [-0.25, -0.2) is 4.79 Å². The van der Waals surface area contributed by atoms with Gasteiger partial charge in [0.1, 0.15) is 0 Å². The Morgan fingerprint density at radius 3 is 2.38 bits per heavy atom. The summed E-state index contributed by atoms with van der Waals surface area (Å²) in [5.41, 5.74) is 0. The van der Waals surface area contributed by atoms with Gasteiger partial charge in [-0.3, -0.25) is 4.79 Å². The summed E-state index contributed by atoms with van der Waals surface area (Å²) in [5, 5.41) is 11.6. The summed E-state index contributed by atoms with van der Waals surface area (Å²) in [6.07, 6.45) is 2.05. The van der Waals surface area contributed by atoms with Crippen molar-refractivity contribution in [3.8, 4) is 0 Å². The summed E-state index contributed by atoms with van der Waals surface area (Å²) in [7, 11) is 1.71. The molecule has 1 aliphatic carbocycles. The maximum atomic E-state index is 11.7. The molecule has 1 saturated carbocycles. The first-order valence-corrected chi connectivity index (χ1v) is 5.67. The number of carboxylic acids is 1. The van der Waals surface area contributed by atoms with Crippen LogP contribution in [0.3, 0.4) is 0 Å². The fraction of sp³-hybridized carbons (Fsp3) is 0.818. The molecule has 5 heteroatoms. The molecule has 0 heterocycles. The minimum Gasteiger partial charge on any atom is -0.481 e. The first kappa shape index (κ1) is 12.8. The first-order valence-electron chi connectivity index (χ1n) is 5.67. The molecular weight excluding hydrogens is 208 g/mol. The van der Waals surface area contributed by atoms with Crippen LogP contribution in [0.25, 0.3) is 0 Å². The van der Waals surface area contributed by atoms with Gasteiger partial charge in [-0.2, -0.15) is 0 Å². The molecule has 0 aromatic carbocycles. The van der Waals surface area contributed by atoms with Crippen LogP contribution in [0.1, 0.15) is 33.1 Å². The predicted molar refractivity (Wildman–Crippen MR) is 60.2 cm³/mol. The number of rotatable bonds is 5. The van der Waals surface area contributed by atoms with E-state index in [1.54, 1.807) is 11.9 Å². The van der Waals surface area contributed by atoms with Crippen LogP contribution in [0.4, 0.5) is 4.79 Å². The lowest BCUT2D eigenvalue weighted by Crippen LogP contribution is -2.47. The smallest absolute Gasteiger partial charge is 0.317 e. The molecule has 0 aromatic rings. The van der Waals surface area contributed by atoms with E-state index in [2.05, 4.69) is 5.32 Å². The molecular formula is C11H20N2O3. The first-order chi connectivity index (χ1) is 7.41. The Labute approximate surface area is 95.8 Å². The third kappa shape index (κ3) is 3.72. The zero-order valence-corrected chi connectivity index (χ0v) is 10.1. The van der Waals surface area contributed by atoms with Crippen LogP contribution in [0.15, 0.2) is 0 Å². The number of carbonyl (C=O) groups is 2. The van der Waals surface area contributed by atoms with Crippen molar-refractivity contribution in [1.82, 2.24) is 10.2 Å². The number of nitrogens with one attached hydrogen (secondary N) is 1. The summed E-state index contributed by atoms with van der Waals surface area (Å²) in [4.78, 5) is 24.0. The summed E-state index contributed by atoms with van der Waals surface area (Å²) < 4.78 is 0. The van der Waals surface area contributed by atoms with Crippen molar-refractivity contribution in [3.63, 3.8) is 0 Å². The van der Waals surface area contributed by atoms with E-state index in [-0.39, 0.29) is 24.5 Å². The van der Waals surface area contributed by atoms with Gasteiger partial charge in [-0.1, -0.05) is 0 Å². The fourth-order valence-corrected chi connectivity index (χ4v) is 1.52. The molecule has 1 unspecified atom stereocenters. The standard InChI is InChI=1S/C11H20N2O3/c1-7(2)13(3)11(16)12-9(6-10(14)15)8-4-5-8/h7-9H,4-6H2,1-3H3,(H,12,16)(H,14,15). The highest BCUT2D eigenvalue weighted by Gasteiger charge is 2.34. The fourth-order valence-electron chi connectivity index (χ4n) is 1.52. The van der Waals surface area contributed by atoms with Crippen molar-refractivity contribution in [2.75, 3.05) is 7.05 Å². The number of hydrogen-bond donors (Lipinski definition) is 2. The molecule has 1 atom stereocenters. The summed E-state index contributed by atoms with van der Waals surface area (Å²) in [5.74, 6) is -0.509. The van der Waals surface area contributed by atoms with Crippen LogP contribution in [-0.4, -0.2) is 41.1 Å². The lowest BCUT2D eigenvalue weighted by atomic mass is 10.1. The van der Waals surface area contributed by atoms with Crippen LogP contribution < -0.4 is 5.32 Å². The normalized spacial score (nSPS) is 17.0. The number of nitrogens with zero attached hydrogens (tertiary/aromatic N) is 1. The molecule has 5 nitrogen and oxygen atoms in total. The zero-order valence-electron chi connectivity index (χ0n) is 10.1. The van der Waals surface area contributed by atoms with Crippen LogP contribution in [-0.2, 0) is 4.79 Å². The molecule has 0 radical (unpaired) electrons. The maximum absolute atomic E-state index is 11.7. The monoisotopic (exact) mass is 228 g/mol. The van der Waals surface area contributed by atoms with Crippen molar-refractivity contribution in [2.24, 2.45) is 5.92 Å². The third-order valence-corrected chi connectivity index (χ3v) is 2.99. The van der Waals surface area contributed by atoms with E-state index in [0.29, 0.717) is 5.92 Å². The molecule has 0 spiro atoms. The minimum atomic E-state index is -0.857. The molecule has 0 aromatic heterocycles. The maximum Gasteiger partial charge on any atom is 0.317 e. The van der Waals surface area contributed by atoms with Gasteiger partial charge in [0.25, 0.3) is 0 Å². The van der Waals surface area contributed by atoms with Gasteiger partial charge >= 0.3 is 12.0 Å². The van der Waals surface area contributed by atoms with E-state index in [1.807, 2.05) is 13.8 Å². The van der Waals surface area contributed by atoms with Crippen molar-refractivity contribution in [1.29, 1.82) is 0 Å². The molecule has 2 amide bonds. The summed E-state index contributed by atoms with van der Waals surface area (Å²) in [6, 6.07) is -0.288. The molecule has 16 heavy (non-hydrogen) atoms. The SMILES string of the molecule is CC(C)N(C)C(=O)NC(CC(=O)O)C1CC1. The van der Waals surface area contributed by atoms with Crippen LogP contribution in [0, 0.1) is 5.92 Å². The predicted octanol–water partition coefficient (Wildman–Crippen LogP) is 1.29. The van der Waals surface area contributed by atoms with Gasteiger partial charge in [-0.15, -0.1) is 0 Å². The van der Waals surface area contributed by atoms with E-state index in [9.17, 15) is 9.59 Å². The van der Waals surface area contributed by atoms with Crippen molar-refractivity contribution in [3.05, 3.63) is 0 Å². The average Bonchev–Trinajstić information content (AvgIpc) is 2.97. The van der Waals surface area contributed by atoms with Crippen LogP contribution in [0.5, 0.6) is 0 Å². The molecule has 2 N–H and O–H groups in total. The zero-order chi connectivity index (χ0) is 12.3. The quantitative estimate of drug-likeness (QED) is 0.745. The lowest BCUT2D eigenvalue weighted by Gasteiger charge is -2.25. The minimum absolute atomic E-state index is 0.0162. The Morgan fingerprint density at radius 1 is 1.44 bits per heavy atom. The van der Waals surface area contributed by atoms with Gasteiger partial charge in [0, 0.05) is 19.1 Å². The van der Waals surface area contributed by atoms with Crippen molar-refractivity contribution in [2.45, 2.75) is 45.2 Å². The molecule has 1 aliphatic rings. The van der Waals surface area contributed by atoms with Gasteiger partial charge in [0.2, 0.25) is 0 Å². The lowest BCUT2D eigenvalue weighted by molar-refractivity contribution is -0.137. The number of urea groups is 1. The number of carboxylic acid groups (broad SMARTS) is 1. The van der Waals surface area contributed by atoms with E-state index in [0.717, 1.165) is 12.8 Å². The van der Waals surface area contributed by atoms with E-state index < -0.39 is 5.97 Å². The Hall–Kier alpha value is -1.26. The number of aliphatic carboxylic acids is 1. The van der Waals surface area contributed by atoms with Gasteiger partial charge in [0.15, 0.2) is 0 Å². The number of hydrogen-bond acceptors (Lipinski definition) is 2. The average molecular weight is 228 g/mol. The van der Waals surface area contributed by atoms with Crippen LogP contribution in [0.2, 0.25) is 0 Å². The largest absolute Gasteiger partial charge is 0.481 e. The van der Waals surface area contributed by atoms with E-state index in [4.69, 9.17) is 5.11 Å². The topological polar surface area (TPSA) is 69.6 Å². The van der Waals surface area contributed by atoms with Crippen molar-refractivity contribution >= 4 is 12.0 Å². The molecule has 0 bridgehead atoms. The second kappa shape index (κ2) is 5.18. The van der Waals surface area contributed by atoms with Crippen LogP contribution >= 0.6 is 0 Å². The number of carbonyl (C=O) groups excluding carboxylic acids is 1. The molecule has 0 aliphatic heterocycles. The van der Waals surface area contributed by atoms with Gasteiger partial charge < -0.3 is 15.3 Å². The van der Waals surface area contributed by atoms with E-state index >= 15 is 0 Å². The third-order valence-electron chi connectivity index (χ3n) is 2.99. The summed E-state index contributed by atoms with van der Waals surface area (Å²) >= 11 is 0. The highest BCUT2D eigenvalue weighted by atomic mass is 16.4. The van der Waals surface area contributed by atoms with E-state index in [1.165, 1.54) is 0 Å². The van der Waals surface area contributed by atoms with Crippen molar-refractivity contribution < 1.29 is 14.7 Å².